The van der Waals surface area contributed by atoms with Gasteiger partial charge in [0.05, 0.1) is 5.56 Å². The van der Waals surface area contributed by atoms with Crippen LogP contribution in [0.3, 0.4) is 0 Å². The Bertz CT molecular complexity index is 481. The third-order valence-corrected chi connectivity index (χ3v) is 3.32. The Morgan fingerprint density at radius 3 is 2.29 bits per heavy atom. The van der Waals surface area contributed by atoms with Crippen LogP contribution in [-0.4, -0.2) is 17.6 Å². The van der Waals surface area contributed by atoms with Crippen LogP contribution in [0.15, 0.2) is 29.4 Å². The Morgan fingerprint density at radius 2 is 1.81 bits per heavy atom. The van der Waals surface area contributed by atoms with Crippen LogP contribution >= 0.6 is 0 Å². The summed E-state index contributed by atoms with van der Waals surface area (Å²) in [5.41, 5.74) is 5.12. The quantitative estimate of drug-likeness (QED) is 0.247. The highest BCUT2D eigenvalue weighted by Gasteiger charge is 2.29. The summed E-state index contributed by atoms with van der Waals surface area (Å²) >= 11 is 0. The van der Waals surface area contributed by atoms with E-state index in [0.717, 1.165) is 18.6 Å². The molecule has 0 saturated carbocycles. The van der Waals surface area contributed by atoms with Crippen molar-refractivity contribution >= 4 is 11.5 Å². The monoisotopic (exact) mass is 303 g/mol. The number of hydrogen-bond acceptors (Lipinski definition) is 3. The minimum absolute atomic E-state index is 0.164. The van der Waals surface area contributed by atoms with E-state index in [2.05, 4.69) is 10.5 Å². The average Bonchev–Trinajstić information content (AvgIpc) is 2.42. The summed E-state index contributed by atoms with van der Waals surface area (Å²) in [6.07, 6.45) is -2.88. The van der Waals surface area contributed by atoms with Crippen molar-refractivity contribution in [3.63, 3.8) is 0 Å². The van der Waals surface area contributed by atoms with Crippen molar-refractivity contribution in [2.75, 3.05) is 11.9 Å². The van der Waals surface area contributed by atoms with Gasteiger partial charge in [-0.1, -0.05) is 19.0 Å². The second-order valence-electron chi connectivity index (χ2n) is 5.47. The lowest BCUT2D eigenvalue weighted by atomic mass is 9.86. The number of benzene rings is 1. The first-order valence-electron chi connectivity index (χ1n) is 6.56. The van der Waals surface area contributed by atoms with E-state index in [-0.39, 0.29) is 5.84 Å². The molecule has 0 bridgehead atoms. The Hall–Kier alpha value is -1.92. The second-order valence-corrected chi connectivity index (χ2v) is 5.47. The van der Waals surface area contributed by atoms with Gasteiger partial charge < -0.3 is 16.3 Å². The molecular formula is C14H20F3N3O. The third kappa shape index (κ3) is 5.17. The van der Waals surface area contributed by atoms with Crippen LogP contribution in [0.5, 0.6) is 0 Å². The molecule has 1 aromatic rings. The molecule has 0 spiro atoms. The SMILES string of the molecule is CC(C)(CCCNc1ccc(C(F)(F)F)cc1)C(N)=NO. The molecule has 0 atom stereocenters. The number of nitrogens with one attached hydrogen (secondary N) is 1. The number of alkyl halides is 3. The highest BCUT2D eigenvalue weighted by molar-refractivity contribution is 5.85. The normalized spacial score (nSPS) is 13.3. The Kier molecular flexibility index (Phi) is 5.46. The van der Waals surface area contributed by atoms with Gasteiger partial charge in [0, 0.05) is 17.6 Å². The zero-order chi connectivity index (χ0) is 16.1. The number of nitrogens with two attached hydrogens (primary N) is 1. The molecule has 4 N–H and O–H groups in total. The smallest absolute Gasteiger partial charge is 0.409 e. The van der Waals surface area contributed by atoms with Crippen LogP contribution in [0.4, 0.5) is 18.9 Å². The molecule has 21 heavy (non-hydrogen) atoms. The number of hydrogen-bond donors (Lipinski definition) is 3. The Labute approximate surface area is 121 Å². The summed E-state index contributed by atoms with van der Waals surface area (Å²) in [7, 11) is 0. The van der Waals surface area contributed by atoms with Crippen LogP contribution in [0.1, 0.15) is 32.3 Å². The van der Waals surface area contributed by atoms with Gasteiger partial charge in [-0.15, -0.1) is 0 Å². The molecule has 0 heterocycles. The van der Waals surface area contributed by atoms with E-state index in [1.165, 1.54) is 12.1 Å². The van der Waals surface area contributed by atoms with Crippen molar-refractivity contribution in [2.45, 2.75) is 32.9 Å². The molecule has 7 heteroatoms. The zero-order valence-corrected chi connectivity index (χ0v) is 12.0. The third-order valence-electron chi connectivity index (χ3n) is 3.32. The number of nitrogens with zero attached hydrogens (tertiary/aromatic N) is 1. The van der Waals surface area contributed by atoms with Crippen molar-refractivity contribution < 1.29 is 18.4 Å². The first-order valence-corrected chi connectivity index (χ1v) is 6.56. The van der Waals surface area contributed by atoms with Gasteiger partial charge in [0.2, 0.25) is 0 Å². The van der Waals surface area contributed by atoms with Gasteiger partial charge in [-0.2, -0.15) is 13.2 Å². The van der Waals surface area contributed by atoms with Gasteiger partial charge in [-0.3, -0.25) is 0 Å². The summed E-state index contributed by atoms with van der Waals surface area (Å²) in [5.74, 6) is 0.164. The average molecular weight is 303 g/mol. The van der Waals surface area contributed by atoms with Gasteiger partial charge in [0.15, 0.2) is 0 Å². The van der Waals surface area contributed by atoms with Crippen molar-refractivity contribution in [2.24, 2.45) is 16.3 Å². The summed E-state index contributed by atoms with van der Waals surface area (Å²) in [5, 5.41) is 14.7. The van der Waals surface area contributed by atoms with E-state index in [9.17, 15) is 13.2 Å². The fraction of sp³-hybridized carbons (Fsp3) is 0.500. The Morgan fingerprint density at radius 1 is 1.24 bits per heavy atom. The van der Waals surface area contributed by atoms with E-state index in [0.29, 0.717) is 18.7 Å². The van der Waals surface area contributed by atoms with Gasteiger partial charge in [0.1, 0.15) is 5.84 Å². The molecule has 0 amide bonds. The van der Waals surface area contributed by atoms with E-state index in [1.54, 1.807) is 0 Å². The van der Waals surface area contributed by atoms with E-state index in [1.807, 2.05) is 13.8 Å². The summed E-state index contributed by atoms with van der Waals surface area (Å²) in [4.78, 5) is 0. The van der Waals surface area contributed by atoms with Crippen LogP contribution in [-0.2, 0) is 6.18 Å². The number of anilines is 1. The molecule has 1 rings (SSSR count). The van der Waals surface area contributed by atoms with Crippen molar-refractivity contribution in [3.8, 4) is 0 Å². The first-order chi connectivity index (χ1) is 9.66. The molecule has 0 unspecified atom stereocenters. The summed E-state index contributed by atoms with van der Waals surface area (Å²) < 4.78 is 37.2. The fourth-order valence-corrected chi connectivity index (χ4v) is 1.80. The number of halogens is 3. The van der Waals surface area contributed by atoms with E-state index in [4.69, 9.17) is 10.9 Å². The molecule has 0 saturated heterocycles. The van der Waals surface area contributed by atoms with Crippen molar-refractivity contribution in [1.29, 1.82) is 0 Å². The van der Waals surface area contributed by atoms with Crippen molar-refractivity contribution in [1.82, 2.24) is 0 Å². The summed E-state index contributed by atoms with van der Waals surface area (Å²) in [6, 6.07) is 4.89. The molecule has 0 radical (unpaired) electrons. The molecule has 1 aromatic carbocycles. The lowest BCUT2D eigenvalue weighted by Crippen LogP contribution is -2.32. The van der Waals surface area contributed by atoms with Crippen LogP contribution in [0.25, 0.3) is 0 Å². The molecule has 0 aromatic heterocycles. The van der Waals surface area contributed by atoms with Gasteiger partial charge in [-0.25, -0.2) is 0 Å². The van der Waals surface area contributed by atoms with Crippen LogP contribution in [0, 0.1) is 5.41 Å². The standard InChI is InChI=1S/C14H20F3N3O/c1-13(2,12(18)20-21)8-3-9-19-11-6-4-10(5-7-11)14(15,16)17/h4-7,19,21H,3,8-9H2,1-2H3,(H2,18,20). The molecule has 0 aliphatic rings. The van der Waals surface area contributed by atoms with Gasteiger partial charge in [-0.05, 0) is 37.1 Å². The number of oxime groups is 1. The molecular weight excluding hydrogens is 283 g/mol. The number of amidine groups is 1. The van der Waals surface area contributed by atoms with Gasteiger partial charge in [0.25, 0.3) is 0 Å². The highest BCUT2D eigenvalue weighted by atomic mass is 19.4. The minimum atomic E-state index is -4.32. The Balaban J connectivity index is 2.43. The molecule has 118 valence electrons. The fourth-order valence-electron chi connectivity index (χ4n) is 1.80. The maximum atomic E-state index is 12.4. The van der Waals surface area contributed by atoms with E-state index < -0.39 is 17.2 Å². The maximum absolute atomic E-state index is 12.4. The lowest BCUT2D eigenvalue weighted by Gasteiger charge is -2.22. The maximum Gasteiger partial charge on any atom is 0.416 e. The predicted octanol–water partition coefficient (Wildman–Crippen LogP) is 3.67. The van der Waals surface area contributed by atoms with Crippen LogP contribution in [0.2, 0.25) is 0 Å². The summed E-state index contributed by atoms with van der Waals surface area (Å²) in [6.45, 7) is 4.31. The number of rotatable bonds is 6. The molecule has 0 aliphatic heterocycles. The lowest BCUT2D eigenvalue weighted by molar-refractivity contribution is -0.137. The second kappa shape index (κ2) is 6.69. The van der Waals surface area contributed by atoms with Crippen LogP contribution < -0.4 is 11.1 Å². The molecule has 4 nitrogen and oxygen atoms in total. The highest BCUT2D eigenvalue weighted by Crippen LogP contribution is 2.29. The predicted molar refractivity (Wildman–Crippen MR) is 76.4 cm³/mol. The van der Waals surface area contributed by atoms with E-state index >= 15 is 0 Å². The van der Waals surface area contributed by atoms with Crippen molar-refractivity contribution in [3.05, 3.63) is 29.8 Å². The molecule has 0 fully saturated rings. The topological polar surface area (TPSA) is 70.6 Å². The zero-order valence-electron chi connectivity index (χ0n) is 12.0. The molecule has 0 aliphatic carbocycles. The largest absolute Gasteiger partial charge is 0.416 e. The first kappa shape index (κ1) is 17.1. The van der Waals surface area contributed by atoms with Gasteiger partial charge >= 0.3 is 6.18 Å². The minimum Gasteiger partial charge on any atom is -0.409 e.